The fraction of sp³-hybridized carbons (Fsp3) is 0.259. The maximum atomic E-state index is 13.5. The number of benzene rings is 3. The van der Waals surface area contributed by atoms with Crippen molar-refractivity contribution in [2.24, 2.45) is 0 Å². The molecule has 0 aliphatic carbocycles. The smallest absolute Gasteiger partial charge is 0.129 e. The molecule has 3 aromatic carbocycles. The Balaban J connectivity index is 1.73. The first-order valence-electron chi connectivity index (χ1n) is 10.7. The highest BCUT2D eigenvalue weighted by molar-refractivity contribution is 5.90. The van der Waals surface area contributed by atoms with Gasteiger partial charge in [-0.2, -0.15) is 0 Å². The second-order valence-corrected chi connectivity index (χ2v) is 9.01. The molecule has 0 bridgehead atoms. The first kappa shape index (κ1) is 19.8. The number of fused-ring (bicyclic) bond motifs is 5. The van der Waals surface area contributed by atoms with E-state index in [2.05, 4.69) is 44.3 Å². The summed E-state index contributed by atoms with van der Waals surface area (Å²) in [6, 6.07) is 16.7. The van der Waals surface area contributed by atoms with E-state index in [9.17, 15) is 9.50 Å². The summed E-state index contributed by atoms with van der Waals surface area (Å²) in [5.41, 5.74) is 8.33. The quantitative estimate of drug-likeness (QED) is 0.530. The van der Waals surface area contributed by atoms with Gasteiger partial charge in [-0.05, 0) is 67.3 Å². The zero-order chi connectivity index (χ0) is 21.8. The van der Waals surface area contributed by atoms with E-state index in [1.165, 1.54) is 17.7 Å². The SMILES string of the molecule is CC1=CC(C)(C)Nc2ccc3c(c21)C(Cc1ccc(F)cc1)Oc1cccc(CO)c1-3. The number of halogens is 1. The van der Waals surface area contributed by atoms with E-state index in [-0.39, 0.29) is 24.1 Å². The molecule has 3 nitrogen and oxygen atoms in total. The molecule has 0 fully saturated rings. The summed E-state index contributed by atoms with van der Waals surface area (Å²) in [5, 5.41) is 13.6. The average Bonchev–Trinajstić information content (AvgIpc) is 2.73. The number of hydrogen-bond acceptors (Lipinski definition) is 3. The molecule has 2 heterocycles. The molecule has 2 aliphatic rings. The second-order valence-electron chi connectivity index (χ2n) is 9.01. The summed E-state index contributed by atoms with van der Waals surface area (Å²) < 4.78 is 20.0. The molecule has 1 atom stereocenters. The number of rotatable bonds is 3. The van der Waals surface area contributed by atoms with Crippen molar-refractivity contribution in [2.45, 2.75) is 45.4 Å². The molecule has 3 aromatic rings. The van der Waals surface area contributed by atoms with Crippen LogP contribution < -0.4 is 10.1 Å². The summed E-state index contributed by atoms with van der Waals surface area (Å²) in [4.78, 5) is 0. The number of allylic oxidation sites excluding steroid dienone is 1. The zero-order valence-electron chi connectivity index (χ0n) is 18.0. The second kappa shape index (κ2) is 7.24. The van der Waals surface area contributed by atoms with Gasteiger partial charge in [0.1, 0.15) is 17.7 Å². The lowest BCUT2D eigenvalue weighted by Gasteiger charge is -2.37. The number of anilines is 1. The molecule has 0 amide bonds. The van der Waals surface area contributed by atoms with Gasteiger partial charge in [0.25, 0.3) is 0 Å². The highest BCUT2D eigenvalue weighted by Crippen LogP contribution is 2.50. The van der Waals surface area contributed by atoms with Crippen molar-refractivity contribution in [1.29, 1.82) is 0 Å². The Morgan fingerprint density at radius 2 is 1.81 bits per heavy atom. The van der Waals surface area contributed by atoms with Crippen LogP contribution in [-0.2, 0) is 13.0 Å². The molecular formula is C27H26FNO2. The van der Waals surface area contributed by atoms with Gasteiger partial charge in [-0.25, -0.2) is 4.39 Å². The van der Waals surface area contributed by atoms with Crippen molar-refractivity contribution in [3.8, 4) is 16.9 Å². The molecule has 2 N–H and O–H groups in total. The lowest BCUT2D eigenvalue weighted by Crippen LogP contribution is -2.32. The standard InChI is InChI=1S/C27H26FNO2/c1-16-14-27(2,3)29-21-12-11-20-25-18(15-30)5-4-6-22(25)31-23(26(20)24(16)21)13-17-7-9-19(28)10-8-17/h4-12,14,23,29-30H,13,15H2,1-3H3. The molecule has 0 spiro atoms. The third kappa shape index (κ3) is 3.41. The minimum absolute atomic E-state index is 0.0498. The molecule has 2 aliphatic heterocycles. The van der Waals surface area contributed by atoms with Gasteiger partial charge in [0, 0.05) is 28.8 Å². The monoisotopic (exact) mass is 415 g/mol. The maximum absolute atomic E-state index is 13.5. The third-order valence-electron chi connectivity index (χ3n) is 6.15. The topological polar surface area (TPSA) is 41.5 Å². The van der Waals surface area contributed by atoms with Crippen LogP contribution in [-0.4, -0.2) is 10.6 Å². The third-order valence-corrected chi connectivity index (χ3v) is 6.15. The van der Waals surface area contributed by atoms with Crippen molar-refractivity contribution in [1.82, 2.24) is 0 Å². The first-order chi connectivity index (χ1) is 14.9. The van der Waals surface area contributed by atoms with Crippen molar-refractivity contribution < 1.29 is 14.2 Å². The van der Waals surface area contributed by atoms with Gasteiger partial charge < -0.3 is 15.2 Å². The van der Waals surface area contributed by atoms with Gasteiger partial charge in [0.15, 0.2) is 0 Å². The lowest BCUT2D eigenvalue weighted by atomic mass is 9.80. The van der Waals surface area contributed by atoms with E-state index in [1.54, 1.807) is 0 Å². The summed E-state index contributed by atoms with van der Waals surface area (Å²) in [5.74, 6) is 0.533. The highest BCUT2D eigenvalue weighted by atomic mass is 19.1. The van der Waals surface area contributed by atoms with Crippen LogP contribution in [0.2, 0.25) is 0 Å². The van der Waals surface area contributed by atoms with E-state index in [1.807, 2.05) is 30.3 Å². The fourth-order valence-electron chi connectivity index (χ4n) is 5.00. The van der Waals surface area contributed by atoms with Crippen molar-refractivity contribution in [3.63, 3.8) is 0 Å². The normalized spacial score (nSPS) is 18.1. The Bertz CT molecular complexity index is 1190. The molecule has 31 heavy (non-hydrogen) atoms. The van der Waals surface area contributed by atoms with Crippen molar-refractivity contribution >= 4 is 11.3 Å². The van der Waals surface area contributed by atoms with Gasteiger partial charge in [0.2, 0.25) is 0 Å². The van der Waals surface area contributed by atoms with Crippen LogP contribution in [0, 0.1) is 5.82 Å². The molecule has 4 heteroatoms. The molecule has 5 rings (SSSR count). The van der Waals surface area contributed by atoms with Gasteiger partial charge in [0.05, 0.1) is 12.1 Å². The van der Waals surface area contributed by atoms with Crippen LogP contribution in [0.3, 0.4) is 0 Å². The van der Waals surface area contributed by atoms with Crippen LogP contribution in [0.25, 0.3) is 16.7 Å². The van der Waals surface area contributed by atoms with Crippen LogP contribution >= 0.6 is 0 Å². The van der Waals surface area contributed by atoms with E-state index in [4.69, 9.17) is 4.74 Å². The predicted octanol–water partition coefficient (Wildman–Crippen LogP) is 6.27. The Kier molecular flexibility index (Phi) is 4.63. The van der Waals surface area contributed by atoms with E-state index >= 15 is 0 Å². The van der Waals surface area contributed by atoms with Crippen LogP contribution in [0.15, 0.2) is 60.7 Å². The lowest BCUT2D eigenvalue weighted by molar-refractivity contribution is 0.201. The average molecular weight is 416 g/mol. The fourth-order valence-corrected chi connectivity index (χ4v) is 5.00. The van der Waals surface area contributed by atoms with E-state index in [0.717, 1.165) is 44.8 Å². The van der Waals surface area contributed by atoms with Crippen LogP contribution in [0.4, 0.5) is 10.1 Å². The minimum atomic E-state index is -0.241. The summed E-state index contributed by atoms with van der Waals surface area (Å²) in [7, 11) is 0. The summed E-state index contributed by atoms with van der Waals surface area (Å²) in [6.45, 7) is 6.41. The summed E-state index contributed by atoms with van der Waals surface area (Å²) >= 11 is 0. The molecule has 0 radical (unpaired) electrons. The summed E-state index contributed by atoms with van der Waals surface area (Å²) in [6.07, 6.45) is 2.66. The molecule has 1 unspecified atom stereocenters. The largest absolute Gasteiger partial charge is 0.485 e. The van der Waals surface area contributed by atoms with E-state index < -0.39 is 0 Å². The van der Waals surface area contributed by atoms with Crippen LogP contribution in [0.5, 0.6) is 5.75 Å². The number of aliphatic hydroxyl groups excluding tert-OH is 1. The Hall–Kier alpha value is -3.11. The van der Waals surface area contributed by atoms with Crippen molar-refractivity contribution in [2.75, 3.05) is 5.32 Å². The van der Waals surface area contributed by atoms with Gasteiger partial charge in [-0.1, -0.05) is 36.4 Å². The number of hydrogen-bond donors (Lipinski definition) is 2. The first-order valence-corrected chi connectivity index (χ1v) is 10.7. The van der Waals surface area contributed by atoms with Gasteiger partial charge in [-0.3, -0.25) is 0 Å². The number of ether oxygens (including phenoxy) is 1. The molecule has 0 saturated carbocycles. The van der Waals surface area contributed by atoms with E-state index in [0.29, 0.717) is 6.42 Å². The number of nitrogens with one attached hydrogen (secondary N) is 1. The van der Waals surface area contributed by atoms with Gasteiger partial charge >= 0.3 is 0 Å². The molecule has 158 valence electrons. The minimum Gasteiger partial charge on any atom is -0.485 e. The zero-order valence-corrected chi connectivity index (χ0v) is 18.0. The van der Waals surface area contributed by atoms with Gasteiger partial charge in [-0.15, -0.1) is 0 Å². The van der Waals surface area contributed by atoms with Crippen molar-refractivity contribution in [3.05, 3.63) is 88.7 Å². The Morgan fingerprint density at radius 3 is 2.55 bits per heavy atom. The number of aliphatic hydroxyl groups is 1. The van der Waals surface area contributed by atoms with Crippen LogP contribution in [0.1, 0.15) is 49.1 Å². The predicted molar refractivity (Wildman–Crippen MR) is 123 cm³/mol. The molecule has 0 saturated heterocycles. The Labute approximate surface area is 182 Å². The Morgan fingerprint density at radius 1 is 1.03 bits per heavy atom. The maximum Gasteiger partial charge on any atom is 0.129 e. The molecule has 0 aromatic heterocycles. The molecular weight excluding hydrogens is 389 g/mol. The highest BCUT2D eigenvalue weighted by Gasteiger charge is 2.34.